The van der Waals surface area contributed by atoms with Gasteiger partial charge in [0.1, 0.15) is 0 Å². The number of hydrogen-bond donors (Lipinski definition) is 2. The van der Waals surface area contributed by atoms with Crippen molar-refractivity contribution in [1.29, 1.82) is 0 Å². The van der Waals surface area contributed by atoms with Gasteiger partial charge in [0.05, 0.1) is 17.4 Å². The first-order valence-corrected chi connectivity index (χ1v) is 8.71. The molecule has 1 heterocycles. The summed E-state index contributed by atoms with van der Waals surface area (Å²) in [6, 6.07) is 14.2. The first-order valence-electron chi connectivity index (χ1n) is 8.33. The lowest BCUT2D eigenvalue weighted by Crippen LogP contribution is -2.13. The molecule has 136 valence electrons. The van der Waals surface area contributed by atoms with Crippen molar-refractivity contribution in [3.63, 3.8) is 0 Å². The SMILES string of the molecule is CC(=O)c1cccc(Nc2cncc(C(=O)Nc3cc(Cl)ccc3C)c2)c1. The molecule has 0 aliphatic heterocycles. The number of pyridine rings is 1. The molecule has 0 unspecified atom stereocenters. The van der Waals surface area contributed by atoms with Crippen LogP contribution in [0.3, 0.4) is 0 Å². The summed E-state index contributed by atoms with van der Waals surface area (Å²) in [5.41, 5.74) is 3.97. The number of amides is 1. The van der Waals surface area contributed by atoms with Gasteiger partial charge in [0.15, 0.2) is 5.78 Å². The van der Waals surface area contributed by atoms with Crippen molar-refractivity contribution in [1.82, 2.24) is 4.98 Å². The Hall–Kier alpha value is -3.18. The van der Waals surface area contributed by atoms with Gasteiger partial charge >= 0.3 is 0 Å². The standard InChI is InChI=1S/C21H18ClN3O2/c1-13-6-7-17(22)10-20(13)25-21(27)16-9-19(12-23-11-16)24-18-5-3-4-15(8-18)14(2)26/h3-12,24H,1-2H3,(H,25,27). The number of benzene rings is 2. The molecule has 5 nitrogen and oxygen atoms in total. The molecule has 0 radical (unpaired) electrons. The van der Waals surface area contributed by atoms with E-state index in [0.717, 1.165) is 11.3 Å². The molecule has 0 aliphatic carbocycles. The Morgan fingerprint density at radius 1 is 0.963 bits per heavy atom. The zero-order valence-electron chi connectivity index (χ0n) is 14.9. The van der Waals surface area contributed by atoms with Crippen LogP contribution in [0.1, 0.15) is 33.2 Å². The molecular formula is C21H18ClN3O2. The third kappa shape index (κ3) is 4.71. The van der Waals surface area contributed by atoms with E-state index in [0.29, 0.717) is 27.5 Å². The van der Waals surface area contributed by atoms with Crippen LogP contribution < -0.4 is 10.6 Å². The van der Waals surface area contributed by atoms with Gasteiger partial charge in [-0.1, -0.05) is 29.8 Å². The number of hydrogen-bond acceptors (Lipinski definition) is 4. The minimum Gasteiger partial charge on any atom is -0.354 e. The van der Waals surface area contributed by atoms with Crippen LogP contribution in [0.25, 0.3) is 0 Å². The number of aryl methyl sites for hydroxylation is 1. The summed E-state index contributed by atoms with van der Waals surface area (Å²) >= 11 is 6.00. The number of rotatable bonds is 5. The molecular weight excluding hydrogens is 362 g/mol. The van der Waals surface area contributed by atoms with E-state index in [9.17, 15) is 9.59 Å². The first-order chi connectivity index (χ1) is 12.9. The van der Waals surface area contributed by atoms with Gasteiger partial charge in [0.25, 0.3) is 5.91 Å². The Balaban J connectivity index is 1.79. The summed E-state index contributed by atoms with van der Waals surface area (Å²) in [5.74, 6) is -0.296. The maximum atomic E-state index is 12.6. The monoisotopic (exact) mass is 379 g/mol. The average Bonchev–Trinajstić information content (AvgIpc) is 2.65. The number of anilines is 3. The topological polar surface area (TPSA) is 71.1 Å². The average molecular weight is 380 g/mol. The number of nitrogens with one attached hydrogen (secondary N) is 2. The van der Waals surface area contributed by atoms with Crippen molar-refractivity contribution in [3.05, 3.63) is 82.6 Å². The number of halogens is 1. The van der Waals surface area contributed by atoms with Crippen molar-refractivity contribution in [2.24, 2.45) is 0 Å². The van der Waals surface area contributed by atoms with Crippen LogP contribution in [0, 0.1) is 6.92 Å². The number of nitrogens with zero attached hydrogens (tertiary/aromatic N) is 1. The van der Waals surface area contributed by atoms with Gasteiger partial charge in [-0.25, -0.2) is 0 Å². The molecule has 0 bridgehead atoms. The summed E-state index contributed by atoms with van der Waals surface area (Å²) in [6.07, 6.45) is 3.11. The summed E-state index contributed by atoms with van der Waals surface area (Å²) in [5, 5.41) is 6.56. The Labute approximate surface area is 162 Å². The fraction of sp³-hybridized carbons (Fsp3) is 0.0952. The summed E-state index contributed by atoms with van der Waals surface area (Å²) in [4.78, 5) is 28.2. The molecule has 2 aromatic carbocycles. The second-order valence-electron chi connectivity index (χ2n) is 6.14. The maximum Gasteiger partial charge on any atom is 0.257 e. The molecule has 6 heteroatoms. The van der Waals surface area contributed by atoms with Gasteiger partial charge in [-0.3, -0.25) is 14.6 Å². The van der Waals surface area contributed by atoms with Crippen molar-refractivity contribution < 1.29 is 9.59 Å². The molecule has 27 heavy (non-hydrogen) atoms. The number of carbonyl (C=O) groups is 2. The molecule has 0 spiro atoms. The van der Waals surface area contributed by atoms with E-state index in [-0.39, 0.29) is 11.7 Å². The predicted molar refractivity (Wildman–Crippen MR) is 108 cm³/mol. The summed E-state index contributed by atoms with van der Waals surface area (Å²) < 4.78 is 0. The molecule has 0 saturated heterocycles. The number of ketones is 1. The van der Waals surface area contributed by atoms with Crippen LogP contribution >= 0.6 is 11.6 Å². The fourth-order valence-electron chi connectivity index (χ4n) is 2.54. The van der Waals surface area contributed by atoms with E-state index < -0.39 is 0 Å². The quantitative estimate of drug-likeness (QED) is 0.594. The smallest absolute Gasteiger partial charge is 0.257 e. The zero-order chi connectivity index (χ0) is 19.4. The van der Waals surface area contributed by atoms with Gasteiger partial charge in [-0.05, 0) is 49.7 Å². The lowest BCUT2D eigenvalue weighted by Gasteiger charge is -2.11. The van der Waals surface area contributed by atoms with E-state index in [1.807, 2.05) is 19.1 Å². The van der Waals surface area contributed by atoms with Gasteiger partial charge in [-0.2, -0.15) is 0 Å². The number of Topliss-reactive ketones (excluding diaryl/α,β-unsaturated/α-hetero) is 1. The number of aromatic nitrogens is 1. The third-order valence-corrected chi connectivity index (χ3v) is 4.24. The van der Waals surface area contributed by atoms with Crippen molar-refractivity contribution in [2.75, 3.05) is 10.6 Å². The van der Waals surface area contributed by atoms with E-state index in [2.05, 4.69) is 15.6 Å². The molecule has 0 atom stereocenters. The van der Waals surface area contributed by atoms with Gasteiger partial charge in [0.2, 0.25) is 0 Å². The fourth-order valence-corrected chi connectivity index (χ4v) is 2.71. The van der Waals surface area contributed by atoms with Crippen molar-refractivity contribution in [2.45, 2.75) is 13.8 Å². The largest absolute Gasteiger partial charge is 0.354 e. The highest BCUT2D eigenvalue weighted by Gasteiger charge is 2.10. The van der Waals surface area contributed by atoms with Crippen LogP contribution in [-0.4, -0.2) is 16.7 Å². The molecule has 2 N–H and O–H groups in total. The molecule has 0 saturated carbocycles. The van der Waals surface area contributed by atoms with E-state index in [1.54, 1.807) is 42.6 Å². The predicted octanol–water partition coefficient (Wildman–Crippen LogP) is 5.24. The Kier molecular flexibility index (Phi) is 5.52. The van der Waals surface area contributed by atoms with E-state index in [4.69, 9.17) is 11.6 Å². The molecule has 0 fully saturated rings. The highest BCUT2D eigenvalue weighted by atomic mass is 35.5. The van der Waals surface area contributed by atoms with Crippen LogP contribution in [0.5, 0.6) is 0 Å². The summed E-state index contributed by atoms with van der Waals surface area (Å²) in [7, 11) is 0. The van der Waals surface area contributed by atoms with Crippen LogP contribution in [0.2, 0.25) is 5.02 Å². The highest BCUT2D eigenvalue weighted by molar-refractivity contribution is 6.31. The number of carbonyl (C=O) groups excluding carboxylic acids is 2. The van der Waals surface area contributed by atoms with Crippen LogP contribution in [0.4, 0.5) is 17.1 Å². The highest BCUT2D eigenvalue weighted by Crippen LogP contribution is 2.22. The van der Waals surface area contributed by atoms with Crippen molar-refractivity contribution in [3.8, 4) is 0 Å². The normalized spacial score (nSPS) is 10.3. The van der Waals surface area contributed by atoms with Gasteiger partial charge in [0, 0.05) is 28.2 Å². The van der Waals surface area contributed by atoms with Crippen LogP contribution in [0.15, 0.2) is 60.9 Å². The first kappa shape index (κ1) is 18.6. The summed E-state index contributed by atoms with van der Waals surface area (Å²) in [6.45, 7) is 3.41. The van der Waals surface area contributed by atoms with Crippen molar-refractivity contribution >= 4 is 40.4 Å². The lowest BCUT2D eigenvalue weighted by atomic mass is 10.1. The zero-order valence-corrected chi connectivity index (χ0v) is 15.7. The Morgan fingerprint density at radius 2 is 1.74 bits per heavy atom. The van der Waals surface area contributed by atoms with Gasteiger partial charge < -0.3 is 10.6 Å². The minimum atomic E-state index is -0.283. The van der Waals surface area contributed by atoms with Crippen LogP contribution in [-0.2, 0) is 0 Å². The van der Waals surface area contributed by atoms with E-state index >= 15 is 0 Å². The minimum absolute atomic E-state index is 0.0122. The molecule has 0 aliphatic rings. The van der Waals surface area contributed by atoms with E-state index in [1.165, 1.54) is 13.1 Å². The Bertz CT molecular complexity index is 1020. The third-order valence-electron chi connectivity index (χ3n) is 4.01. The molecule has 1 amide bonds. The Morgan fingerprint density at radius 3 is 2.52 bits per heavy atom. The second kappa shape index (κ2) is 8.01. The molecule has 3 rings (SSSR count). The molecule has 3 aromatic rings. The maximum absolute atomic E-state index is 12.6. The second-order valence-corrected chi connectivity index (χ2v) is 6.57. The molecule has 1 aromatic heterocycles. The van der Waals surface area contributed by atoms with Gasteiger partial charge in [-0.15, -0.1) is 0 Å². The lowest BCUT2D eigenvalue weighted by molar-refractivity contribution is 0.101.